The Labute approximate surface area is 104 Å². The van der Waals surface area contributed by atoms with Crippen LogP contribution in [0.5, 0.6) is 0 Å². The molecule has 17 heavy (non-hydrogen) atoms. The number of hydrogen-bond donors (Lipinski definition) is 1. The van der Waals surface area contributed by atoms with Crippen LogP contribution in [-0.4, -0.2) is 57.9 Å². The molecule has 0 radical (unpaired) electrons. The van der Waals surface area contributed by atoms with E-state index in [2.05, 4.69) is 15.2 Å². The number of likely N-dealkylation sites (N-methyl/N-ethyl adjacent to an activating group) is 1. The van der Waals surface area contributed by atoms with Crippen LogP contribution < -0.4 is 5.32 Å². The Morgan fingerprint density at radius 3 is 2.59 bits per heavy atom. The summed E-state index contributed by atoms with van der Waals surface area (Å²) in [7, 11) is 6.86. The number of aliphatic imine (C=N–C) groups is 1. The minimum Gasteiger partial charge on any atom is -0.383 e. The molecule has 98 valence electrons. The summed E-state index contributed by atoms with van der Waals surface area (Å²) in [6, 6.07) is 0. The molecule has 1 N–H and O–H groups in total. The van der Waals surface area contributed by atoms with Gasteiger partial charge in [0.15, 0.2) is 0 Å². The van der Waals surface area contributed by atoms with Crippen LogP contribution in [0, 0.1) is 0 Å². The minimum atomic E-state index is -0.168. The highest BCUT2D eigenvalue weighted by Gasteiger charge is 2.09. The van der Waals surface area contributed by atoms with Crippen LogP contribution in [0.1, 0.15) is 13.3 Å². The molecule has 0 aliphatic heterocycles. The molecule has 0 fully saturated rings. The molecule has 0 saturated heterocycles. The van der Waals surface area contributed by atoms with Crippen molar-refractivity contribution in [3.63, 3.8) is 0 Å². The summed E-state index contributed by atoms with van der Waals surface area (Å²) in [5.74, 6) is -0.168. The molecular formula is C12H23N3O2. The highest BCUT2D eigenvalue weighted by Crippen LogP contribution is 2.06. The Morgan fingerprint density at radius 2 is 2.18 bits per heavy atom. The summed E-state index contributed by atoms with van der Waals surface area (Å²) < 4.78 is 5.03. The van der Waals surface area contributed by atoms with E-state index in [-0.39, 0.29) is 5.91 Å². The van der Waals surface area contributed by atoms with Crippen molar-refractivity contribution in [2.75, 3.05) is 41.4 Å². The van der Waals surface area contributed by atoms with Gasteiger partial charge in [-0.1, -0.05) is 6.92 Å². The summed E-state index contributed by atoms with van der Waals surface area (Å²) in [6.45, 7) is 3.50. The average molecular weight is 241 g/mol. The van der Waals surface area contributed by atoms with Crippen LogP contribution in [-0.2, 0) is 9.53 Å². The van der Waals surface area contributed by atoms with Gasteiger partial charge in [-0.2, -0.15) is 0 Å². The number of carbonyl (C=O) groups is 1. The second kappa shape index (κ2) is 8.75. The molecule has 0 spiro atoms. The van der Waals surface area contributed by atoms with Crippen molar-refractivity contribution in [2.45, 2.75) is 13.3 Å². The fourth-order valence-corrected chi connectivity index (χ4v) is 1.37. The molecule has 0 bridgehead atoms. The standard InChI is InChI=1S/C12H23N3O2/c1-6-10(15(4)7-8-17-5)9-11(13-2)12(16)14-3/h9H,6-8H2,1-5H3,(H,14,16)/b10-9+,13-11?. The smallest absolute Gasteiger partial charge is 0.269 e. The zero-order chi connectivity index (χ0) is 13.3. The first-order valence-corrected chi connectivity index (χ1v) is 5.70. The third-order valence-corrected chi connectivity index (χ3v) is 2.49. The summed E-state index contributed by atoms with van der Waals surface area (Å²) in [5, 5.41) is 2.57. The molecular weight excluding hydrogens is 218 g/mol. The molecule has 0 saturated carbocycles. The number of amides is 1. The van der Waals surface area contributed by atoms with Crippen molar-refractivity contribution >= 4 is 11.6 Å². The molecule has 0 aromatic rings. The summed E-state index contributed by atoms with van der Waals surface area (Å²) in [4.78, 5) is 17.5. The van der Waals surface area contributed by atoms with E-state index in [9.17, 15) is 4.79 Å². The summed E-state index contributed by atoms with van der Waals surface area (Å²) in [6.07, 6.45) is 2.66. The highest BCUT2D eigenvalue weighted by atomic mass is 16.5. The molecule has 0 aliphatic rings. The molecule has 0 heterocycles. The van der Waals surface area contributed by atoms with Crippen LogP contribution >= 0.6 is 0 Å². The van der Waals surface area contributed by atoms with Gasteiger partial charge in [0.05, 0.1) is 6.61 Å². The van der Waals surface area contributed by atoms with Crippen LogP contribution in [0.2, 0.25) is 0 Å². The van der Waals surface area contributed by atoms with E-state index in [0.29, 0.717) is 12.3 Å². The lowest BCUT2D eigenvalue weighted by atomic mass is 10.2. The second-order valence-electron chi connectivity index (χ2n) is 3.59. The number of nitrogens with one attached hydrogen (secondary N) is 1. The SMILES string of the molecule is CC/C(=C\C(=NC)C(=O)NC)N(C)CCOC. The first-order valence-electron chi connectivity index (χ1n) is 5.70. The number of ether oxygens (including phenoxy) is 1. The fraction of sp³-hybridized carbons (Fsp3) is 0.667. The molecule has 0 rings (SSSR count). The quantitative estimate of drug-likeness (QED) is 0.667. The number of rotatable bonds is 7. The van der Waals surface area contributed by atoms with E-state index in [0.717, 1.165) is 18.7 Å². The van der Waals surface area contributed by atoms with Crippen molar-refractivity contribution < 1.29 is 9.53 Å². The van der Waals surface area contributed by atoms with Crippen molar-refractivity contribution in [3.8, 4) is 0 Å². The lowest BCUT2D eigenvalue weighted by Gasteiger charge is -2.21. The molecule has 5 nitrogen and oxygen atoms in total. The second-order valence-corrected chi connectivity index (χ2v) is 3.59. The molecule has 1 amide bonds. The van der Waals surface area contributed by atoms with Gasteiger partial charge in [0.25, 0.3) is 5.91 Å². The van der Waals surface area contributed by atoms with E-state index in [1.54, 1.807) is 21.2 Å². The van der Waals surface area contributed by atoms with Crippen molar-refractivity contribution in [2.24, 2.45) is 4.99 Å². The van der Waals surface area contributed by atoms with Gasteiger partial charge >= 0.3 is 0 Å². The van der Waals surface area contributed by atoms with Gasteiger partial charge in [0.1, 0.15) is 5.71 Å². The fourth-order valence-electron chi connectivity index (χ4n) is 1.37. The molecule has 0 atom stereocenters. The van der Waals surface area contributed by atoms with Gasteiger partial charge in [0, 0.05) is 40.5 Å². The minimum absolute atomic E-state index is 0.168. The lowest BCUT2D eigenvalue weighted by molar-refractivity contribution is -0.114. The number of carbonyl (C=O) groups excluding carboxylic acids is 1. The van der Waals surface area contributed by atoms with Crippen LogP contribution in [0.4, 0.5) is 0 Å². The molecule has 0 aromatic heterocycles. The van der Waals surface area contributed by atoms with Crippen LogP contribution in [0.3, 0.4) is 0 Å². The van der Waals surface area contributed by atoms with Crippen molar-refractivity contribution in [1.29, 1.82) is 0 Å². The summed E-state index contributed by atoms with van der Waals surface area (Å²) >= 11 is 0. The Bertz CT molecular complexity index is 298. The van der Waals surface area contributed by atoms with Crippen molar-refractivity contribution in [3.05, 3.63) is 11.8 Å². The average Bonchev–Trinajstić information content (AvgIpc) is 2.36. The number of allylic oxidation sites excluding steroid dienone is 1. The molecule has 0 aliphatic carbocycles. The van der Waals surface area contributed by atoms with Gasteiger partial charge in [-0.15, -0.1) is 0 Å². The largest absolute Gasteiger partial charge is 0.383 e. The molecule has 5 heteroatoms. The van der Waals surface area contributed by atoms with E-state index >= 15 is 0 Å². The predicted molar refractivity (Wildman–Crippen MR) is 70.3 cm³/mol. The van der Waals surface area contributed by atoms with E-state index in [4.69, 9.17) is 4.74 Å². The Kier molecular flexibility index (Phi) is 8.05. The van der Waals surface area contributed by atoms with Crippen LogP contribution in [0.15, 0.2) is 16.8 Å². The normalized spacial score (nSPS) is 12.5. The van der Waals surface area contributed by atoms with Crippen LogP contribution in [0.25, 0.3) is 0 Å². The first-order chi connectivity index (χ1) is 8.10. The zero-order valence-corrected chi connectivity index (χ0v) is 11.4. The van der Waals surface area contributed by atoms with Crippen molar-refractivity contribution in [1.82, 2.24) is 10.2 Å². The number of hydrogen-bond acceptors (Lipinski definition) is 4. The van der Waals surface area contributed by atoms with E-state index in [1.807, 2.05) is 20.0 Å². The Hall–Kier alpha value is -1.36. The first kappa shape index (κ1) is 15.6. The lowest BCUT2D eigenvalue weighted by Crippen LogP contribution is -2.28. The monoisotopic (exact) mass is 241 g/mol. The van der Waals surface area contributed by atoms with Gasteiger partial charge in [0.2, 0.25) is 0 Å². The third-order valence-electron chi connectivity index (χ3n) is 2.49. The molecule has 0 unspecified atom stereocenters. The van der Waals surface area contributed by atoms with Gasteiger partial charge in [-0.3, -0.25) is 9.79 Å². The van der Waals surface area contributed by atoms with E-state index in [1.165, 1.54) is 0 Å². The predicted octanol–water partition coefficient (Wildman–Crippen LogP) is 0.675. The maximum absolute atomic E-state index is 11.5. The van der Waals surface area contributed by atoms with Gasteiger partial charge in [-0.05, 0) is 12.5 Å². The number of nitrogens with zero attached hydrogens (tertiary/aromatic N) is 2. The number of methoxy groups -OCH3 is 1. The van der Waals surface area contributed by atoms with Gasteiger partial charge < -0.3 is 15.0 Å². The topological polar surface area (TPSA) is 53.9 Å². The maximum atomic E-state index is 11.5. The maximum Gasteiger partial charge on any atom is 0.269 e. The molecule has 0 aromatic carbocycles. The van der Waals surface area contributed by atoms with E-state index < -0.39 is 0 Å². The zero-order valence-electron chi connectivity index (χ0n) is 11.4. The third kappa shape index (κ3) is 5.49. The Morgan fingerprint density at radius 1 is 1.53 bits per heavy atom. The summed E-state index contributed by atoms with van der Waals surface area (Å²) in [5.41, 5.74) is 1.50. The Balaban J connectivity index is 4.77. The highest BCUT2D eigenvalue weighted by molar-refractivity contribution is 6.43. The van der Waals surface area contributed by atoms with Gasteiger partial charge in [-0.25, -0.2) is 0 Å².